The van der Waals surface area contributed by atoms with E-state index in [0.29, 0.717) is 12.1 Å². The number of carboxylic acid groups (broad SMARTS) is 1. The number of alkyl halides is 3. The Hall–Kier alpha value is -2.73. The summed E-state index contributed by atoms with van der Waals surface area (Å²) in [5, 5.41) is 12.7. The molecule has 1 aliphatic heterocycles. The van der Waals surface area contributed by atoms with Gasteiger partial charge in [0.25, 0.3) is 0 Å². The monoisotopic (exact) mass is 446 g/mol. The normalized spacial score (nSPS) is 16.2. The zero-order valence-corrected chi connectivity index (χ0v) is 17.3. The lowest BCUT2D eigenvalue weighted by molar-refractivity contribution is -0.192. The number of ketones is 1. The fourth-order valence-electron chi connectivity index (χ4n) is 3.09. The Balaban J connectivity index is 0.000000396. The number of amides is 1. The van der Waals surface area contributed by atoms with Crippen LogP contribution < -0.4 is 5.32 Å². The van der Waals surface area contributed by atoms with Crippen LogP contribution in [0.1, 0.15) is 28.2 Å². The molecule has 0 radical (unpaired) electrons. The Labute approximate surface area is 174 Å². The largest absolute Gasteiger partial charge is 0.490 e. The molecule has 2 aromatic heterocycles. The summed E-state index contributed by atoms with van der Waals surface area (Å²) in [7, 11) is 1.83. The van der Waals surface area contributed by atoms with E-state index >= 15 is 0 Å². The predicted molar refractivity (Wildman–Crippen MR) is 103 cm³/mol. The van der Waals surface area contributed by atoms with Crippen molar-refractivity contribution in [3.63, 3.8) is 0 Å². The van der Waals surface area contributed by atoms with Gasteiger partial charge in [-0.05, 0) is 33.4 Å². The summed E-state index contributed by atoms with van der Waals surface area (Å²) in [6, 6.07) is 1.70. The maximum absolute atomic E-state index is 12.7. The van der Waals surface area contributed by atoms with Gasteiger partial charge in [-0.3, -0.25) is 19.1 Å². The summed E-state index contributed by atoms with van der Waals surface area (Å²) in [6.07, 6.45) is -2.58. The molecule has 1 aliphatic rings. The predicted octanol–water partition coefficient (Wildman–Crippen LogP) is 2.19. The molecular weight excluding hydrogens is 425 g/mol. The zero-order valence-electron chi connectivity index (χ0n) is 16.5. The highest BCUT2D eigenvalue weighted by Crippen LogP contribution is 2.23. The molecule has 164 valence electrons. The van der Waals surface area contributed by atoms with E-state index in [1.54, 1.807) is 17.5 Å². The molecule has 8 nitrogen and oxygen atoms in total. The van der Waals surface area contributed by atoms with Gasteiger partial charge >= 0.3 is 12.1 Å². The van der Waals surface area contributed by atoms with Crippen LogP contribution in [0.15, 0.2) is 17.6 Å². The molecule has 3 heterocycles. The number of halogens is 3. The van der Waals surface area contributed by atoms with Gasteiger partial charge in [0.05, 0.1) is 12.6 Å². The first-order chi connectivity index (χ1) is 13.9. The number of nitrogens with one attached hydrogen (secondary N) is 1. The number of hydrogen-bond donors (Lipinski definition) is 2. The lowest BCUT2D eigenvalue weighted by Gasteiger charge is -2.20. The van der Waals surface area contributed by atoms with Gasteiger partial charge in [-0.15, -0.1) is 11.3 Å². The second-order valence-corrected chi connectivity index (χ2v) is 7.54. The van der Waals surface area contributed by atoms with Crippen molar-refractivity contribution >= 4 is 29.0 Å². The van der Waals surface area contributed by atoms with Gasteiger partial charge < -0.3 is 10.4 Å². The quantitative estimate of drug-likeness (QED) is 0.683. The van der Waals surface area contributed by atoms with E-state index in [0.717, 1.165) is 22.9 Å². The topological polar surface area (TPSA) is 105 Å². The third-order valence-electron chi connectivity index (χ3n) is 4.53. The number of aromatic nitrogens is 2. The molecule has 0 spiro atoms. The van der Waals surface area contributed by atoms with Gasteiger partial charge in [-0.1, -0.05) is 0 Å². The van der Waals surface area contributed by atoms with Gasteiger partial charge in [0.1, 0.15) is 0 Å². The molecule has 0 aromatic carbocycles. The van der Waals surface area contributed by atoms with Crippen LogP contribution in [0.2, 0.25) is 0 Å². The number of aryl methyl sites for hydroxylation is 1. The van der Waals surface area contributed by atoms with Crippen molar-refractivity contribution in [1.29, 1.82) is 0 Å². The lowest BCUT2D eigenvalue weighted by atomic mass is 10.1. The summed E-state index contributed by atoms with van der Waals surface area (Å²) in [6.45, 7) is 4.82. The average molecular weight is 446 g/mol. The van der Waals surface area contributed by atoms with Gasteiger partial charge in [-0.25, -0.2) is 9.78 Å². The van der Waals surface area contributed by atoms with Crippen LogP contribution in [-0.4, -0.2) is 69.6 Å². The van der Waals surface area contributed by atoms with Crippen molar-refractivity contribution in [3.8, 4) is 5.13 Å². The lowest BCUT2D eigenvalue weighted by Crippen LogP contribution is -2.40. The van der Waals surface area contributed by atoms with Crippen molar-refractivity contribution in [2.24, 2.45) is 0 Å². The highest BCUT2D eigenvalue weighted by molar-refractivity contribution is 7.12. The average Bonchev–Trinajstić information content (AvgIpc) is 3.35. The second kappa shape index (κ2) is 9.39. The fourth-order valence-corrected chi connectivity index (χ4v) is 3.84. The van der Waals surface area contributed by atoms with Gasteiger partial charge in [0.15, 0.2) is 10.9 Å². The minimum atomic E-state index is -5.08. The summed E-state index contributed by atoms with van der Waals surface area (Å²) in [5.74, 6) is -2.72. The van der Waals surface area contributed by atoms with Crippen LogP contribution in [0.25, 0.3) is 5.13 Å². The standard InChI is InChI=1S/C16H20N4O2S.C2HF3O2/c1-10-8-12(11(2)20(10)16-18-6-7-23-16)14(21)9-19(3)13-4-5-17-15(13)22;3-2(4,5)1(6)7/h6-8,13H,4-5,9H2,1-3H3,(H,17,22);(H,6,7). The van der Waals surface area contributed by atoms with Crippen LogP contribution in [-0.2, 0) is 9.59 Å². The molecule has 0 bridgehead atoms. The Morgan fingerprint density at radius 2 is 2.03 bits per heavy atom. The van der Waals surface area contributed by atoms with Gasteiger partial charge in [-0.2, -0.15) is 13.2 Å². The molecule has 2 N–H and O–H groups in total. The molecule has 1 amide bonds. The molecule has 1 saturated heterocycles. The minimum absolute atomic E-state index is 0.00792. The van der Waals surface area contributed by atoms with Crippen molar-refractivity contribution < 1.29 is 32.7 Å². The first-order valence-corrected chi connectivity index (χ1v) is 9.71. The number of Topliss-reactive ketones (excluding diaryl/α,β-unsaturated/α-hetero) is 1. The zero-order chi connectivity index (χ0) is 22.6. The van der Waals surface area contributed by atoms with E-state index in [1.165, 1.54) is 0 Å². The van der Waals surface area contributed by atoms with Crippen molar-refractivity contribution in [2.45, 2.75) is 32.5 Å². The highest BCUT2D eigenvalue weighted by atomic mass is 32.1. The summed E-state index contributed by atoms with van der Waals surface area (Å²) < 4.78 is 33.7. The molecule has 12 heteroatoms. The number of carbonyl (C=O) groups is 3. The first kappa shape index (κ1) is 23.5. The summed E-state index contributed by atoms with van der Waals surface area (Å²) in [5.41, 5.74) is 2.58. The van der Waals surface area contributed by atoms with E-state index in [1.807, 2.05) is 41.8 Å². The number of thiazole rings is 1. The first-order valence-electron chi connectivity index (χ1n) is 8.83. The number of likely N-dealkylation sites (N-methyl/N-ethyl adjacent to an activating group) is 1. The van der Waals surface area contributed by atoms with E-state index < -0.39 is 12.1 Å². The van der Waals surface area contributed by atoms with Gasteiger partial charge in [0.2, 0.25) is 5.91 Å². The van der Waals surface area contributed by atoms with Crippen molar-refractivity contribution in [3.05, 3.63) is 34.6 Å². The van der Waals surface area contributed by atoms with E-state index in [2.05, 4.69) is 10.3 Å². The SMILES string of the molecule is Cc1cc(C(=O)CN(C)C2CCNC2=O)c(C)n1-c1nccs1.O=C(O)C(F)(F)F. The smallest absolute Gasteiger partial charge is 0.475 e. The Morgan fingerprint density at radius 1 is 1.40 bits per heavy atom. The van der Waals surface area contributed by atoms with E-state index in [9.17, 15) is 22.8 Å². The molecular formula is C18H21F3N4O4S. The van der Waals surface area contributed by atoms with Crippen molar-refractivity contribution in [1.82, 2.24) is 19.8 Å². The van der Waals surface area contributed by atoms with Crippen LogP contribution >= 0.6 is 11.3 Å². The number of aliphatic carboxylic acids is 1. The van der Waals surface area contributed by atoms with Crippen molar-refractivity contribution in [2.75, 3.05) is 20.1 Å². The molecule has 1 atom stereocenters. The summed E-state index contributed by atoms with van der Waals surface area (Å²) in [4.78, 5) is 39.5. The second-order valence-electron chi connectivity index (χ2n) is 6.67. The number of nitrogens with zero attached hydrogens (tertiary/aromatic N) is 3. The Bertz CT molecular complexity index is 925. The van der Waals surface area contributed by atoms with Crippen LogP contribution in [0, 0.1) is 13.8 Å². The fraction of sp³-hybridized carbons (Fsp3) is 0.444. The van der Waals surface area contributed by atoms with Crippen LogP contribution in [0.4, 0.5) is 13.2 Å². The molecule has 0 aliphatic carbocycles. The maximum atomic E-state index is 12.7. The number of carbonyl (C=O) groups excluding carboxylic acids is 2. The van der Waals surface area contributed by atoms with E-state index in [-0.39, 0.29) is 24.3 Å². The Kier molecular flexibility index (Phi) is 7.37. The number of hydrogen-bond acceptors (Lipinski definition) is 6. The third kappa shape index (κ3) is 5.45. The maximum Gasteiger partial charge on any atom is 0.490 e. The Morgan fingerprint density at radius 3 is 2.50 bits per heavy atom. The minimum Gasteiger partial charge on any atom is -0.475 e. The summed E-state index contributed by atoms with van der Waals surface area (Å²) >= 11 is 1.54. The van der Waals surface area contributed by atoms with E-state index in [4.69, 9.17) is 9.90 Å². The van der Waals surface area contributed by atoms with Crippen LogP contribution in [0.5, 0.6) is 0 Å². The number of carboxylic acids is 1. The van der Waals surface area contributed by atoms with Crippen LogP contribution in [0.3, 0.4) is 0 Å². The van der Waals surface area contributed by atoms with Gasteiger partial charge in [0, 0.05) is 35.1 Å². The number of rotatable bonds is 5. The molecule has 1 fully saturated rings. The molecule has 3 rings (SSSR count). The molecule has 30 heavy (non-hydrogen) atoms. The third-order valence-corrected chi connectivity index (χ3v) is 5.29. The molecule has 1 unspecified atom stereocenters. The molecule has 2 aromatic rings. The molecule has 0 saturated carbocycles. The highest BCUT2D eigenvalue weighted by Gasteiger charge is 2.38.